The van der Waals surface area contributed by atoms with Crippen LogP contribution in [0.15, 0.2) is 12.7 Å². The lowest BCUT2D eigenvalue weighted by molar-refractivity contribution is 0.570. The Morgan fingerprint density at radius 3 is 3.00 bits per heavy atom. The highest BCUT2D eigenvalue weighted by atomic mass is 32.2. The standard InChI is InChI=1S/C4H7NOS/c1-2-3-5-7-4-6/h2,4-5H,1,3H2. The van der Waals surface area contributed by atoms with E-state index in [1.54, 1.807) is 6.08 Å². The van der Waals surface area contributed by atoms with Gasteiger partial charge in [-0.1, -0.05) is 6.08 Å². The molecule has 0 heterocycles. The van der Waals surface area contributed by atoms with Gasteiger partial charge in [0.1, 0.15) is 0 Å². The van der Waals surface area contributed by atoms with E-state index < -0.39 is 0 Å². The van der Waals surface area contributed by atoms with Gasteiger partial charge < -0.3 is 0 Å². The fourth-order valence-electron chi connectivity index (χ4n) is 0.141. The second-order valence-electron chi connectivity index (χ2n) is 0.851. The molecule has 0 aliphatic heterocycles. The van der Waals surface area contributed by atoms with Gasteiger partial charge in [0.15, 0.2) is 5.62 Å². The minimum Gasteiger partial charge on any atom is -0.290 e. The van der Waals surface area contributed by atoms with E-state index in [4.69, 9.17) is 0 Å². The van der Waals surface area contributed by atoms with Crippen molar-refractivity contribution in [3.8, 4) is 0 Å². The highest BCUT2D eigenvalue weighted by Gasteiger charge is 1.73. The number of hydrogen-bond donors (Lipinski definition) is 1. The molecule has 0 fully saturated rings. The molecular weight excluding hydrogens is 110 g/mol. The molecule has 0 radical (unpaired) electrons. The third-order valence-corrected chi connectivity index (χ3v) is 0.789. The van der Waals surface area contributed by atoms with E-state index in [0.29, 0.717) is 6.54 Å². The molecule has 40 valence electrons. The third-order valence-electron chi connectivity index (χ3n) is 0.359. The molecule has 0 rings (SSSR count). The summed E-state index contributed by atoms with van der Waals surface area (Å²) in [6.45, 7) is 4.11. The van der Waals surface area contributed by atoms with Crippen LogP contribution in [0.2, 0.25) is 0 Å². The Kier molecular flexibility index (Phi) is 5.49. The quantitative estimate of drug-likeness (QED) is 0.253. The summed E-state index contributed by atoms with van der Waals surface area (Å²) in [6.07, 6.45) is 1.69. The van der Waals surface area contributed by atoms with Crippen LogP contribution in [0, 0.1) is 0 Å². The minimum atomic E-state index is 0.670. The van der Waals surface area contributed by atoms with E-state index in [0.717, 1.165) is 17.6 Å². The van der Waals surface area contributed by atoms with Gasteiger partial charge in [0, 0.05) is 6.54 Å². The van der Waals surface area contributed by atoms with E-state index in [1.165, 1.54) is 0 Å². The predicted molar refractivity (Wildman–Crippen MR) is 32.5 cm³/mol. The monoisotopic (exact) mass is 117 g/mol. The van der Waals surface area contributed by atoms with Gasteiger partial charge in [0.25, 0.3) is 0 Å². The molecule has 0 aromatic heterocycles. The molecule has 0 aliphatic rings. The lowest BCUT2D eigenvalue weighted by atomic mass is 10.7. The Morgan fingerprint density at radius 2 is 2.57 bits per heavy atom. The Labute approximate surface area is 47.1 Å². The molecule has 0 spiro atoms. The number of nitrogens with one attached hydrogen (secondary N) is 1. The zero-order chi connectivity index (χ0) is 5.54. The first-order valence-corrected chi connectivity index (χ1v) is 2.73. The SMILES string of the molecule is C=CCNSC=O. The summed E-state index contributed by atoms with van der Waals surface area (Å²) < 4.78 is 2.72. The highest BCUT2D eigenvalue weighted by Crippen LogP contribution is 1.79. The van der Waals surface area contributed by atoms with Gasteiger partial charge in [0.05, 0.1) is 0 Å². The van der Waals surface area contributed by atoms with Crippen molar-refractivity contribution in [1.82, 2.24) is 4.72 Å². The molecule has 0 aromatic carbocycles. The van der Waals surface area contributed by atoms with Gasteiger partial charge in [0.2, 0.25) is 0 Å². The molecule has 0 bridgehead atoms. The summed E-state index contributed by atoms with van der Waals surface area (Å²) in [4.78, 5) is 9.55. The molecule has 2 nitrogen and oxygen atoms in total. The maximum atomic E-state index is 9.55. The summed E-state index contributed by atoms with van der Waals surface area (Å²) in [7, 11) is 0. The van der Waals surface area contributed by atoms with E-state index >= 15 is 0 Å². The van der Waals surface area contributed by atoms with Crippen LogP contribution in [-0.2, 0) is 4.79 Å². The fourth-order valence-corrected chi connectivity index (χ4v) is 0.423. The average molecular weight is 117 g/mol. The summed E-state index contributed by atoms with van der Waals surface area (Å²) in [5, 5.41) is 0. The molecule has 0 saturated heterocycles. The third kappa shape index (κ3) is 5.72. The average Bonchev–Trinajstić information content (AvgIpc) is 1.69. The van der Waals surface area contributed by atoms with Crippen LogP contribution in [0.4, 0.5) is 0 Å². The lowest BCUT2D eigenvalue weighted by Crippen LogP contribution is -2.00. The Balaban J connectivity index is 2.68. The number of carbonyl (C=O) groups is 1. The largest absolute Gasteiger partial charge is 0.290 e. The zero-order valence-corrected chi connectivity index (χ0v) is 4.70. The fraction of sp³-hybridized carbons (Fsp3) is 0.250. The summed E-state index contributed by atoms with van der Waals surface area (Å²) in [5.41, 5.74) is 0.740. The molecule has 0 saturated carbocycles. The van der Waals surface area contributed by atoms with Crippen LogP contribution in [-0.4, -0.2) is 12.2 Å². The smallest absolute Gasteiger partial charge is 0.191 e. The topological polar surface area (TPSA) is 29.1 Å². The first-order valence-electron chi connectivity index (χ1n) is 1.85. The van der Waals surface area contributed by atoms with Crippen molar-refractivity contribution in [2.45, 2.75) is 0 Å². The Morgan fingerprint density at radius 1 is 1.86 bits per heavy atom. The van der Waals surface area contributed by atoms with Crippen molar-refractivity contribution >= 4 is 17.6 Å². The number of rotatable bonds is 4. The minimum absolute atomic E-state index is 0.670. The van der Waals surface area contributed by atoms with Crippen LogP contribution in [0.3, 0.4) is 0 Å². The van der Waals surface area contributed by atoms with Crippen molar-refractivity contribution < 1.29 is 4.79 Å². The van der Waals surface area contributed by atoms with Gasteiger partial charge in [-0.3, -0.25) is 9.52 Å². The van der Waals surface area contributed by atoms with E-state index in [9.17, 15) is 4.79 Å². The molecule has 0 aromatic rings. The van der Waals surface area contributed by atoms with Crippen LogP contribution >= 0.6 is 11.9 Å². The predicted octanol–water partition coefficient (Wildman–Crippen LogP) is 0.600. The molecule has 0 amide bonds. The van der Waals surface area contributed by atoms with Crippen LogP contribution in [0.1, 0.15) is 0 Å². The van der Waals surface area contributed by atoms with Crippen molar-refractivity contribution in [2.75, 3.05) is 6.54 Å². The van der Waals surface area contributed by atoms with Crippen molar-refractivity contribution in [2.24, 2.45) is 0 Å². The van der Waals surface area contributed by atoms with E-state index in [1.807, 2.05) is 0 Å². The summed E-state index contributed by atoms with van der Waals surface area (Å²) in [6, 6.07) is 0. The summed E-state index contributed by atoms with van der Waals surface area (Å²) in [5.74, 6) is 0. The normalized spacial score (nSPS) is 8.00. The van der Waals surface area contributed by atoms with Crippen LogP contribution < -0.4 is 4.72 Å². The Bertz CT molecular complexity index is 56.7. The highest BCUT2D eigenvalue weighted by molar-refractivity contribution is 8.10. The number of hydrogen-bond acceptors (Lipinski definition) is 3. The summed E-state index contributed by atoms with van der Waals surface area (Å²) >= 11 is 1.03. The zero-order valence-electron chi connectivity index (χ0n) is 3.89. The second kappa shape index (κ2) is 5.72. The molecule has 7 heavy (non-hydrogen) atoms. The van der Waals surface area contributed by atoms with Gasteiger partial charge >= 0.3 is 0 Å². The first kappa shape index (κ1) is 6.72. The Hall–Kier alpha value is -0.280. The van der Waals surface area contributed by atoms with Gasteiger partial charge in [-0.25, -0.2) is 0 Å². The van der Waals surface area contributed by atoms with E-state index in [2.05, 4.69) is 11.3 Å². The van der Waals surface area contributed by atoms with E-state index in [-0.39, 0.29) is 0 Å². The molecule has 0 unspecified atom stereocenters. The molecule has 3 heteroatoms. The first-order chi connectivity index (χ1) is 3.41. The lowest BCUT2D eigenvalue weighted by Gasteiger charge is -1.86. The van der Waals surface area contributed by atoms with Crippen LogP contribution in [0.25, 0.3) is 0 Å². The van der Waals surface area contributed by atoms with Crippen molar-refractivity contribution in [1.29, 1.82) is 0 Å². The maximum absolute atomic E-state index is 9.55. The van der Waals surface area contributed by atoms with Gasteiger partial charge in [-0.2, -0.15) is 0 Å². The molecule has 0 atom stereocenters. The number of carbonyl (C=O) groups excluding carboxylic acids is 1. The van der Waals surface area contributed by atoms with Gasteiger partial charge in [-0.15, -0.1) is 6.58 Å². The molecule has 1 N–H and O–H groups in total. The molecule has 0 aliphatic carbocycles. The van der Waals surface area contributed by atoms with Gasteiger partial charge in [-0.05, 0) is 11.9 Å². The van der Waals surface area contributed by atoms with Crippen LogP contribution in [0.5, 0.6) is 0 Å². The molecular formula is C4H7NOS. The van der Waals surface area contributed by atoms with Crippen molar-refractivity contribution in [3.63, 3.8) is 0 Å². The maximum Gasteiger partial charge on any atom is 0.191 e. The second-order valence-corrected chi connectivity index (χ2v) is 1.57. The van der Waals surface area contributed by atoms with Crippen molar-refractivity contribution in [3.05, 3.63) is 12.7 Å².